The fourth-order valence-corrected chi connectivity index (χ4v) is 2.38. The molecule has 0 amide bonds. The Hall–Kier alpha value is -2.24. The summed E-state index contributed by atoms with van der Waals surface area (Å²) in [4.78, 5) is 23.5. The van der Waals surface area contributed by atoms with E-state index in [-0.39, 0.29) is 18.3 Å². The number of carbonyl (C=O) groups is 2. The maximum absolute atomic E-state index is 11.9. The molecule has 0 aliphatic heterocycles. The van der Waals surface area contributed by atoms with Gasteiger partial charge in [-0.3, -0.25) is 4.79 Å². The number of aryl methyl sites for hydroxylation is 1. The third-order valence-electron chi connectivity index (χ3n) is 3.80. The average Bonchev–Trinajstić information content (AvgIpc) is 2.53. The molecular formula is C18H26O6. The summed E-state index contributed by atoms with van der Waals surface area (Å²) in [5.74, 6) is 0.225. The van der Waals surface area contributed by atoms with Crippen LogP contribution in [0, 0.1) is 6.92 Å². The lowest BCUT2D eigenvalue weighted by Gasteiger charge is -2.27. The third kappa shape index (κ3) is 4.63. The summed E-state index contributed by atoms with van der Waals surface area (Å²) in [6.45, 7) is 7.03. The Morgan fingerprint density at radius 2 is 1.71 bits per heavy atom. The lowest BCUT2D eigenvalue weighted by molar-refractivity contribution is -0.156. The number of ether oxygens (including phenoxy) is 4. The molecule has 6 heteroatoms. The van der Waals surface area contributed by atoms with Gasteiger partial charge in [0.05, 0.1) is 27.8 Å². The van der Waals surface area contributed by atoms with Crippen LogP contribution in [0.2, 0.25) is 0 Å². The zero-order valence-corrected chi connectivity index (χ0v) is 15.4. The highest BCUT2D eigenvalue weighted by Crippen LogP contribution is 2.36. The van der Waals surface area contributed by atoms with Gasteiger partial charge in [0.1, 0.15) is 11.5 Å². The Morgan fingerprint density at radius 1 is 1.08 bits per heavy atom. The Labute approximate surface area is 143 Å². The monoisotopic (exact) mass is 338 g/mol. The number of esters is 2. The van der Waals surface area contributed by atoms with Crippen molar-refractivity contribution in [1.82, 2.24) is 0 Å². The molecular weight excluding hydrogens is 312 g/mol. The quantitative estimate of drug-likeness (QED) is 0.712. The third-order valence-corrected chi connectivity index (χ3v) is 3.80. The molecule has 0 heterocycles. The van der Waals surface area contributed by atoms with Crippen molar-refractivity contribution in [2.24, 2.45) is 0 Å². The topological polar surface area (TPSA) is 71.1 Å². The van der Waals surface area contributed by atoms with E-state index in [4.69, 9.17) is 18.9 Å². The van der Waals surface area contributed by atoms with Crippen LogP contribution in [0.3, 0.4) is 0 Å². The number of benzene rings is 1. The lowest BCUT2D eigenvalue weighted by Crippen LogP contribution is -2.39. The van der Waals surface area contributed by atoms with Gasteiger partial charge in [-0.1, -0.05) is 6.92 Å². The van der Waals surface area contributed by atoms with Crippen molar-refractivity contribution in [3.05, 3.63) is 23.3 Å². The van der Waals surface area contributed by atoms with Crippen LogP contribution in [0.25, 0.3) is 0 Å². The number of hydrogen-bond donors (Lipinski definition) is 0. The minimum atomic E-state index is -1.16. The molecule has 0 saturated carbocycles. The zero-order chi connectivity index (χ0) is 18.5. The fourth-order valence-electron chi connectivity index (χ4n) is 2.38. The molecule has 1 atom stereocenters. The summed E-state index contributed by atoms with van der Waals surface area (Å²) in [5.41, 5.74) is 0.470. The van der Waals surface area contributed by atoms with Crippen LogP contribution in [0.15, 0.2) is 12.1 Å². The van der Waals surface area contributed by atoms with E-state index in [1.54, 1.807) is 27.0 Å². The largest absolute Gasteiger partial charge is 0.496 e. The molecule has 0 bridgehead atoms. The van der Waals surface area contributed by atoms with Crippen molar-refractivity contribution in [2.75, 3.05) is 21.3 Å². The van der Waals surface area contributed by atoms with Crippen molar-refractivity contribution in [2.45, 2.75) is 45.6 Å². The van der Waals surface area contributed by atoms with E-state index >= 15 is 0 Å². The molecule has 0 N–H and O–H groups in total. The highest BCUT2D eigenvalue weighted by Gasteiger charge is 2.32. The Kier molecular flexibility index (Phi) is 6.63. The van der Waals surface area contributed by atoms with Gasteiger partial charge in [-0.25, -0.2) is 4.79 Å². The highest BCUT2D eigenvalue weighted by atomic mass is 16.6. The zero-order valence-electron chi connectivity index (χ0n) is 15.4. The molecule has 0 radical (unpaired) electrons. The van der Waals surface area contributed by atoms with Gasteiger partial charge in [-0.2, -0.15) is 0 Å². The van der Waals surface area contributed by atoms with E-state index in [2.05, 4.69) is 0 Å². The van der Waals surface area contributed by atoms with E-state index < -0.39 is 11.6 Å². The van der Waals surface area contributed by atoms with E-state index in [0.717, 1.165) is 11.1 Å². The minimum Gasteiger partial charge on any atom is -0.496 e. The standard InChI is InChI=1S/C18H26O6/c1-11(9-16(19)22-6)13-10-14(21-5)12(2)8-15(13)24-18(3,4)17(20)23-7/h8,10-11H,9H2,1-7H3. The van der Waals surface area contributed by atoms with Gasteiger partial charge in [0, 0.05) is 5.56 Å². The van der Waals surface area contributed by atoms with Gasteiger partial charge in [0.15, 0.2) is 5.60 Å². The predicted molar refractivity (Wildman–Crippen MR) is 89.5 cm³/mol. The van der Waals surface area contributed by atoms with Gasteiger partial charge in [-0.15, -0.1) is 0 Å². The van der Waals surface area contributed by atoms with Crippen molar-refractivity contribution in [1.29, 1.82) is 0 Å². The van der Waals surface area contributed by atoms with Crippen LogP contribution < -0.4 is 9.47 Å². The highest BCUT2D eigenvalue weighted by molar-refractivity contribution is 5.79. The summed E-state index contributed by atoms with van der Waals surface area (Å²) in [6.07, 6.45) is 0.192. The molecule has 1 aromatic carbocycles. The van der Waals surface area contributed by atoms with Gasteiger partial charge >= 0.3 is 11.9 Å². The first-order valence-corrected chi connectivity index (χ1v) is 7.69. The summed E-state index contributed by atoms with van der Waals surface area (Å²) in [7, 11) is 4.24. The van der Waals surface area contributed by atoms with Crippen LogP contribution in [0.4, 0.5) is 0 Å². The second-order valence-electron chi connectivity index (χ2n) is 6.14. The van der Waals surface area contributed by atoms with E-state index in [9.17, 15) is 9.59 Å². The fraction of sp³-hybridized carbons (Fsp3) is 0.556. The minimum absolute atomic E-state index is 0.171. The van der Waals surface area contributed by atoms with Crippen molar-refractivity contribution in [3.8, 4) is 11.5 Å². The normalized spacial score (nSPS) is 12.3. The van der Waals surface area contributed by atoms with Crippen LogP contribution in [0.5, 0.6) is 11.5 Å². The van der Waals surface area contributed by atoms with Crippen LogP contribution in [-0.4, -0.2) is 38.9 Å². The Balaban J connectivity index is 3.29. The molecule has 1 rings (SSSR count). The SMILES string of the molecule is COC(=O)CC(C)c1cc(OC)c(C)cc1OC(C)(C)C(=O)OC. The number of carbonyl (C=O) groups excluding carboxylic acids is 2. The molecule has 24 heavy (non-hydrogen) atoms. The lowest BCUT2D eigenvalue weighted by atomic mass is 9.94. The first kappa shape index (κ1) is 19.8. The Bertz CT molecular complexity index is 606. The molecule has 0 fully saturated rings. The summed E-state index contributed by atoms with van der Waals surface area (Å²) < 4.78 is 20.8. The van der Waals surface area contributed by atoms with Crippen molar-refractivity contribution in [3.63, 3.8) is 0 Å². The maximum Gasteiger partial charge on any atom is 0.349 e. The predicted octanol–water partition coefficient (Wildman–Crippen LogP) is 3.00. The molecule has 6 nitrogen and oxygen atoms in total. The summed E-state index contributed by atoms with van der Waals surface area (Å²) in [5, 5.41) is 0. The molecule has 0 aromatic heterocycles. The first-order chi connectivity index (χ1) is 11.2. The van der Waals surface area contributed by atoms with Gasteiger partial charge in [0.25, 0.3) is 0 Å². The first-order valence-electron chi connectivity index (χ1n) is 7.69. The smallest absolute Gasteiger partial charge is 0.349 e. The molecule has 0 spiro atoms. The van der Waals surface area contributed by atoms with Crippen LogP contribution in [-0.2, 0) is 19.1 Å². The maximum atomic E-state index is 11.9. The van der Waals surface area contributed by atoms with E-state index in [1.807, 2.05) is 19.9 Å². The molecule has 1 unspecified atom stereocenters. The van der Waals surface area contributed by atoms with Gasteiger partial charge in [-0.05, 0) is 44.4 Å². The number of methoxy groups -OCH3 is 3. The molecule has 0 aliphatic carbocycles. The van der Waals surface area contributed by atoms with E-state index in [0.29, 0.717) is 11.5 Å². The second kappa shape index (κ2) is 8.04. The van der Waals surface area contributed by atoms with Crippen molar-refractivity contribution < 1.29 is 28.5 Å². The molecule has 1 aromatic rings. The summed E-state index contributed by atoms with van der Waals surface area (Å²) >= 11 is 0. The van der Waals surface area contributed by atoms with Crippen LogP contribution in [0.1, 0.15) is 44.2 Å². The van der Waals surface area contributed by atoms with E-state index in [1.165, 1.54) is 14.2 Å². The molecule has 0 saturated heterocycles. The van der Waals surface area contributed by atoms with Gasteiger partial charge in [0.2, 0.25) is 0 Å². The number of hydrogen-bond acceptors (Lipinski definition) is 6. The number of rotatable bonds is 7. The second-order valence-corrected chi connectivity index (χ2v) is 6.14. The molecule has 0 aliphatic rings. The Morgan fingerprint density at radius 3 is 2.21 bits per heavy atom. The molecule has 134 valence electrons. The van der Waals surface area contributed by atoms with Gasteiger partial charge < -0.3 is 18.9 Å². The van der Waals surface area contributed by atoms with Crippen molar-refractivity contribution >= 4 is 11.9 Å². The van der Waals surface area contributed by atoms with Crippen LogP contribution >= 0.6 is 0 Å². The summed E-state index contributed by atoms with van der Waals surface area (Å²) in [6, 6.07) is 3.62. The average molecular weight is 338 g/mol.